The Labute approximate surface area is 91.6 Å². The lowest BCUT2D eigenvalue weighted by molar-refractivity contribution is -0.142. The van der Waals surface area contributed by atoms with Gasteiger partial charge in [0.05, 0.1) is 0 Å². The summed E-state index contributed by atoms with van der Waals surface area (Å²) in [5, 5.41) is 7.55. The molecule has 2 atom stereocenters. The summed E-state index contributed by atoms with van der Waals surface area (Å²) in [5.74, 6) is -1.69. The molecule has 5 N–H and O–H groups in total. The zero-order valence-corrected chi connectivity index (χ0v) is 8.90. The SMILES string of the molecule is C=CCOC(=O)C(N)SC[C@H](N)C(=O)O. The second-order valence-corrected chi connectivity index (χ2v) is 3.79. The zero-order chi connectivity index (χ0) is 11.8. The maximum absolute atomic E-state index is 11.1. The van der Waals surface area contributed by atoms with Gasteiger partial charge in [0.1, 0.15) is 12.6 Å². The molecule has 0 heterocycles. The first-order valence-corrected chi connectivity index (χ1v) is 5.17. The van der Waals surface area contributed by atoms with Gasteiger partial charge in [-0.15, -0.1) is 11.8 Å². The van der Waals surface area contributed by atoms with Gasteiger partial charge in [-0.2, -0.15) is 0 Å². The Hall–Kier alpha value is -1.05. The van der Waals surface area contributed by atoms with Crippen LogP contribution in [0.15, 0.2) is 12.7 Å². The lowest BCUT2D eigenvalue weighted by Gasteiger charge is -2.11. The summed E-state index contributed by atoms with van der Waals surface area (Å²) in [6.45, 7) is 3.45. The highest BCUT2D eigenvalue weighted by atomic mass is 32.2. The smallest absolute Gasteiger partial charge is 0.333 e. The molecule has 0 aromatic rings. The highest BCUT2D eigenvalue weighted by Gasteiger charge is 2.19. The number of rotatable bonds is 7. The van der Waals surface area contributed by atoms with Crippen LogP contribution in [0, 0.1) is 0 Å². The Morgan fingerprint density at radius 2 is 2.13 bits per heavy atom. The topological polar surface area (TPSA) is 116 Å². The molecule has 6 nitrogen and oxygen atoms in total. The van der Waals surface area contributed by atoms with E-state index in [9.17, 15) is 9.59 Å². The van der Waals surface area contributed by atoms with Crippen molar-refractivity contribution in [3.05, 3.63) is 12.7 Å². The highest BCUT2D eigenvalue weighted by molar-refractivity contribution is 8.00. The molecule has 1 unspecified atom stereocenters. The average Bonchev–Trinajstić information content (AvgIpc) is 2.21. The molecular weight excluding hydrogens is 220 g/mol. The van der Waals surface area contributed by atoms with E-state index < -0.39 is 23.4 Å². The van der Waals surface area contributed by atoms with Crippen molar-refractivity contribution in [2.45, 2.75) is 11.4 Å². The minimum atomic E-state index is -1.13. The van der Waals surface area contributed by atoms with Gasteiger partial charge in [-0.05, 0) is 0 Å². The molecule has 0 saturated heterocycles. The minimum absolute atomic E-state index is 0.0552. The minimum Gasteiger partial charge on any atom is -0.480 e. The van der Waals surface area contributed by atoms with E-state index >= 15 is 0 Å². The number of aliphatic carboxylic acids is 1. The van der Waals surface area contributed by atoms with Crippen LogP contribution in [0.2, 0.25) is 0 Å². The van der Waals surface area contributed by atoms with Crippen molar-refractivity contribution in [1.82, 2.24) is 0 Å². The zero-order valence-electron chi connectivity index (χ0n) is 8.09. The van der Waals surface area contributed by atoms with E-state index in [2.05, 4.69) is 11.3 Å². The largest absolute Gasteiger partial charge is 0.480 e. The van der Waals surface area contributed by atoms with Crippen LogP contribution >= 0.6 is 11.8 Å². The Morgan fingerprint density at radius 1 is 1.53 bits per heavy atom. The van der Waals surface area contributed by atoms with E-state index in [0.717, 1.165) is 11.8 Å². The molecule has 0 aliphatic heterocycles. The summed E-state index contributed by atoms with van der Waals surface area (Å²) in [7, 11) is 0. The van der Waals surface area contributed by atoms with Gasteiger partial charge in [0.15, 0.2) is 5.37 Å². The van der Waals surface area contributed by atoms with E-state index in [0.29, 0.717) is 0 Å². The molecule has 0 spiro atoms. The van der Waals surface area contributed by atoms with Crippen LogP contribution in [-0.2, 0) is 14.3 Å². The Bertz CT molecular complexity index is 247. The number of carboxylic acid groups (broad SMARTS) is 1. The number of ether oxygens (including phenoxy) is 1. The number of thioether (sulfide) groups is 1. The molecule has 0 aromatic carbocycles. The molecule has 0 aliphatic carbocycles. The summed E-state index contributed by atoms with van der Waals surface area (Å²) in [6, 6.07) is -1.03. The lowest BCUT2D eigenvalue weighted by atomic mass is 10.4. The van der Waals surface area contributed by atoms with Gasteiger partial charge in [-0.3, -0.25) is 4.79 Å². The molecule has 0 amide bonds. The molecule has 0 radical (unpaired) electrons. The molecule has 7 heteroatoms. The van der Waals surface area contributed by atoms with Crippen molar-refractivity contribution in [3.63, 3.8) is 0 Å². The maximum atomic E-state index is 11.1. The summed E-state index contributed by atoms with van der Waals surface area (Å²) in [5.41, 5.74) is 10.6. The summed E-state index contributed by atoms with van der Waals surface area (Å²) >= 11 is 0.934. The predicted octanol–water partition coefficient (Wildman–Crippen LogP) is -0.854. The number of nitrogens with two attached hydrogens (primary N) is 2. The molecule has 0 rings (SSSR count). The Morgan fingerprint density at radius 3 is 2.60 bits per heavy atom. The number of esters is 1. The summed E-state index contributed by atoms with van der Waals surface area (Å²) < 4.78 is 4.65. The number of hydrogen-bond acceptors (Lipinski definition) is 6. The second kappa shape index (κ2) is 7.27. The van der Waals surface area contributed by atoms with Crippen LogP contribution in [0.4, 0.5) is 0 Å². The third-order valence-corrected chi connectivity index (χ3v) is 2.45. The molecule has 15 heavy (non-hydrogen) atoms. The predicted molar refractivity (Wildman–Crippen MR) is 57.2 cm³/mol. The van der Waals surface area contributed by atoms with Crippen molar-refractivity contribution in [2.24, 2.45) is 11.5 Å². The standard InChI is InChI=1S/C8H14N2O4S/c1-2-3-14-8(13)6(10)15-4-5(9)7(11)12/h2,5-6H,1,3-4,9-10H2,(H,11,12)/t5-,6?/m0/s1. The van der Waals surface area contributed by atoms with Gasteiger partial charge in [-0.25, -0.2) is 4.79 Å². The number of hydrogen-bond donors (Lipinski definition) is 3. The first-order chi connectivity index (χ1) is 6.99. The number of carboxylic acids is 1. The van der Waals surface area contributed by atoms with Crippen LogP contribution in [0.3, 0.4) is 0 Å². The van der Waals surface area contributed by atoms with Crippen LogP contribution in [-0.4, -0.2) is 40.8 Å². The van der Waals surface area contributed by atoms with Crippen molar-refractivity contribution >= 4 is 23.7 Å². The average molecular weight is 234 g/mol. The molecule has 0 aromatic heterocycles. The van der Waals surface area contributed by atoms with Crippen LogP contribution < -0.4 is 11.5 Å². The lowest BCUT2D eigenvalue weighted by Crippen LogP contribution is -2.36. The van der Waals surface area contributed by atoms with Crippen molar-refractivity contribution in [3.8, 4) is 0 Å². The third kappa shape index (κ3) is 6.10. The summed E-state index contributed by atoms with van der Waals surface area (Å²) in [4.78, 5) is 21.4. The number of carbonyl (C=O) groups excluding carboxylic acids is 1. The van der Waals surface area contributed by atoms with Crippen molar-refractivity contribution in [1.29, 1.82) is 0 Å². The van der Waals surface area contributed by atoms with E-state index in [1.807, 2.05) is 0 Å². The monoisotopic (exact) mass is 234 g/mol. The maximum Gasteiger partial charge on any atom is 0.333 e. The fraction of sp³-hybridized carbons (Fsp3) is 0.500. The van der Waals surface area contributed by atoms with Gasteiger partial charge < -0.3 is 21.3 Å². The van der Waals surface area contributed by atoms with E-state index in [4.69, 9.17) is 16.6 Å². The highest BCUT2D eigenvalue weighted by Crippen LogP contribution is 2.08. The molecule has 86 valence electrons. The van der Waals surface area contributed by atoms with Gasteiger partial charge >= 0.3 is 11.9 Å². The first-order valence-electron chi connectivity index (χ1n) is 4.12. The van der Waals surface area contributed by atoms with Gasteiger partial charge in [-0.1, -0.05) is 12.7 Å². The van der Waals surface area contributed by atoms with Crippen molar-refractivity contribution < 1.29 is 19.4 Å². The fourth-order valence-corrected chi connectivity index (χ4v) is 1.33. The Kier molecular flexibility index (Phi) is 6.76. The quantitative estimate of drug-likeness (QED) is 0.298. The third-order valence-electron chi connectivity index (χ3n) is 1.35. The van der Waals surface area contributed by atoms with Crippen LogP contribution in [0.5, 0.6) is 0 Å². The molecule has 0 fully saturated rings. The van der Waals surface area contributed by atoms with E-state index in [1.165, 1.54) is 6.08 Å². The van der Waals surface area contributed by atoms with Gasteiger partial charge in [0, 0.05) is 5.75 Å². The summed E-state index contributed by atoms with van der Waals surface area (Å²) in [6.07, 6.45) is 1.41. The normalized spacial score (nSPS) is 14.0. The second-order valence-electron chi connectivity index (χ2n) is 2.62. The van der Waals surface area contributed by atoms with Gasteiger partial charge in [0.2, 0.25) is 0 Å². The number of carbonyl (C=O) groups is 2. The molecule has 0 bridgehead atoms. The van der Waals surface area contributed by atoms with E-state index in [-0.39, 0.29) is 12.4 Å². The van der Waals surface area contributed by atoms with E-state index in [1.54, 1.807) is 0 Å². The van der Waals surface area contributed by atoms with Gasteiger partial charge in [0.25, 0.3) is 0 Å². The van der Waals surface area contributed by atoms with Crippen LogP contribution in [0.25, 0.3) is 0 Å². The molecule has 0 aliphatic rings. The first kappa shape index (κ1) is 13.9. The molecular formula is C8H14N2O4S. The van der Waals surface area contributed by atoms with Crippen LogP contribution in [0.1, 0.15) is 0 Å². The fourth-order valence-electron chi connectivity index (χ4n) is 0.570. The Balaban J connectivity index is 3.82. The van der Waals surface area contributed by atoms with Crippen molar-refractivity contribution in [2.75, 3.05) is 12.4 Å². The molecule has 0 saturated carbocycles.